The highest BCUT2D eigenvalue weighted by Gasteiger charge is 2.15. The molecule has 1 aromatic rings. The number of nitrogen functional groups attached to an aromatic ring is 1. The Morgan fingerprint density at radius 3 is 2.53 bits per heavy atom. The molecule has 2 N–H and O–H groups in total. The maximum Gasteiger partial charge on any atom is 0.122 e. The number of hydrogen-bond acceptors (Lipinski definition) is 4. The summed E-state index contributed by atoms with van der Waals surface area (Å²) in [6.45, 7) is 9.62. The van der Waals surface area contributed by atoms with Gasteiger partial charge in [0.05, 0.1) is 18.8 Å². The van der Waals surface area contributed by atoms with Gasteiger partial charge in [-0.1, -0.05) is 0 Å². The summed E-state index contributed by atoms with van der Waals surface area (Å²) in [5, 5.41) is 9.10. The summed E-state index contributed by atoms with van der Waals surface area (Å²) in [6.07, 6.45) is 1.05. The molecule has 0 aliphatic carbocycles. The predicted molar refractivity (Wildman–Crippen MR) is 74.9 cm³/mol. The monoisotopic (exact) mass is 262 g/mol. The highest BCUT2D eigenvalue weighted by Crippen LogP contribution is 2.23. The number of hydrogen-bond donors (Lipinski definition) is 1. The normalized spacial score (nSPS) is 16.5. The van der Waals surface area contributed by atoms with Crippen molar-refractivity contribution in [2.45, 2.75) is 26.8 Å². The van der Waals surface area contributed by atoms with Gasteiger partial charge in [0.2, 0.25) is 0 Å². The first-order chi connectivity index (χ1) is 9.15. The van der Waals surface area contributed by atoms with E-state index in [4.69, 9.17) is 15.7 Å². The first kappa shape index (κ1) is 13.9. The highest BCUT2D eigenvalue weighted by atomic mass is 16.5. The highest BCUT2D eigenvalue weighted by molar-refractivity contribution is 5.57. The van der Waals surface area contributed by atoms with Gasteiger partial charge in [0.1, 0.15) is 11.9 Å². The minimum absolute atomic E-state index is 0.611. The van der Waals surface area contributed by atoms with Gasteiger partial charge in [-0.05, 0) is 25.8 Å². The van der Waals surface area contributed by atoms with E-state index in [0.717, 1.165) is 57.1 Å². The van der Waals surface area contributed by atoms with Crippen molar-refractivity contribution in [3.05, 3.63) is 16.8 Å². The SMILES string of the molecule is Cc1c(C#N)c(N)n(CCCN2CCOCC2)c1C. The van der Waals surface area contributed by atoms with E-state index in [0.29, 0.717) is 11.4 Å². The van der Waals surface area contributed by atoms with Gasteiger partial charge in [0.15, 0.2) is 0 Å². The first-order valence-corrected chi connectivity index (χ1v) is 6.80. The standard InChI is InChI=1S/C14H22N4O/c1-11-12(2)18(14(16)13(11)10-15)5-3-4-17-6-8-19-9-7-17/h3-9,16H2,1-2H3. The minimum atomic E-state index is 0.611. The van der Waals surface area contributed by atoms with E-state index >= 15 is 0 Å². The summed E-state index contributed by atoms with van der Waals surface area (Å²) in [5.74, 6) is 0.611. The summed E-state index contributed by atoms with van der Waals surface area (Å²) in [4.78, 5) is 2.41. The number of ether oxygens (including phenoxy) is 1. The van der Waals surface area contributed by atoms with E-state index in [-0.39, 0.29) is 0 Å². The number of anilines is 1. The largest absolute Gasteiger partial charge is 0.384 e. The van der Waals surface area contributed by atoms with Crippen molar-refractivity contribution in [1.82, 2.24) is 9.47 Å². The Hall–Kier alpha value is -1.51. The maximum atomic E-state index is 9.10. The molecule has 104 valence electrons. The zero-order chi connectivity index (χ0) is 13.8. The molecule has 5 nitrogen and oxygen atoms in total. The molecule has 0 aromatic carbocycles. The van der Waals surface area contributed by atoms with Crippen LogP contribution in [0.1, 0.15) is 23.2 Å². The zero-order valence-corrected chi connectivity index (χ0v) is 11.8. The molecule has 1 fully saturated rings. The van der Waals surface area contributed by atoms with Crippen LogP contribution in [0.25, 0.3) is 0 Å². The second-order valence-electron chi connectivity index (χ2n) is 5.04. The van der Waals surface area contributed by atoms with Crippen molar-refractivity contribution < 1.29 is 4.74 Å². The quantitative estimate of drug-likeness (QED) is 0.887. The second kappa shape index (κ2) is 6.09. The van der Waals surface area contributed by atoms with Crippen LogP contribution in [0.5, 0.6) is 0 Å². The Labute approximate surface area is 114 Å². The first-order valence-electron chi connectivity index (χ1n) is 6.80. The summed E-state index contributed by atoms with van der Waals surface area (Å²) >= 11 is 0. The van der Waals surface area contributed by atoms with Gasteiger partial charge >= 0.3 is 0 Å². The van der Waals surface area contributed by atoms with Gasteiger partial charge < -0.3 is 15.0 Å². The predicted octanol–water partition coefficient (Wildman–Crippen LogP) is 1.28. The van der Waals surface area contributed by atoms with Crippen LogP contribution in [0.15, 0.2) is 0 Å². The lowest BCUT2D eigenvalue weighted by atomic mass is 10.2. The fourth-order valence-electron chi connectivity index (χ4n) is 2.60. The third-order valence-corrected chi connectivity index (χ3v) is 3.94. The van der Waals surface area contributed by atoms with Crippen LogP contribution in [-0.4, -0.2) is 42.3 Å². The number of rotatable bonds is 4. The topological polar surface area (TPSA) is 67.2 Å². The summed E-state index contributed by atoms with van der Waals surface area (Å²) in [5.41, 5.74) is 8.78. The molecule has 0 atom stereocenters. The van der Waals surface area contributed by atoms with E-state index in [1.807, 2.05) is 13.8 Å². The van der Waals surface area contributed by atoms with Crippen LogP contribution in [-0.2, 0) is 11.3 Å². The van der Waals surface area contributed by atoms with Gasteiger partial charge in [-0.15, -0.1) is 0 Å². The van der Waals surface area contributed by atoms with Crippen molar-refractivity contribution in [2.24, 2.45) is 0 Å². The lowest BCUT2D eigenvalue weighted by Crippen LogP contribution is -2.37. The smallest absolute Gasteiger partial charge is 0.122 e. The Morgan fingerprint density at radius 2 is 1.95 bits per heavy atom. The van der Waals surface area contributed by atoms with E-state index in [9.17, 15) is 0 Å². The average molecular weight is 262 g/mol. The van der Waals surface area contributed by atoms with Gasteiger partial charge in [-0.2, -0.15) is 5.26 Å². The molecule has 2 heterocycles. The Morgan fingerprint density at radius 1 is 1.26 bits per heavy atom. The van der Waals surface area contributed by atoms with Crippen LogP contribution in [0, 0.1) is 25.2 Å². The molecule has 0 amide bonds. The van der Waals surface area contributed by atoms with Crippen LogP contribution in [0.4, 0.5) is 5.82 Å². The lowest BCUT2D eigenvalue weighted by molar-refractivity contribution is 0.0369. The van der Waals surface area contributed by atoms with Crippen molar-refractivity contribution in [1.29, 1.82) is 5.26 Å². The maximum absolute atomic E-state index is 9.10. The van der Waals surface area contributed by atoms with E-state index in [1.165, 1.54) is 0 Å². The number of nitrogens with zero attached hydrogens (tertiary/aromatic N) is 3. The number of nitriles is 1. The third kappa shape index (κ3) is 2.91. The molecular formula is C14H22N4O. The van der Waals surface area contributed by atoms with Crippen molar-refractivity contribution in [2.75, 3.05) is 38.6 Å². The van der Waals surface area contributed by atoms with Crippen molar-refractivity contribution in [3.8, 4) is 6.07 Å². The van der Waals surface area contributed by atoms with Gasteiger partial charge in [0.25, 0.3) is 0 Å². The Balaban J connectivity index is 1.94. The molecule has 19 heavy (non-hydrogen) atoms. The molecule has 1 aliphatic rings. The zero-order valence-electron chi connectivity index (χ0n) is 11.8. The molecule has 5 heteroatoms. The molecule has 0 bridgehead atoms. The van der Waals surface area contributed by atoms with Crippen LogP contribution >= 0.6 is 0 Å². The van der Waals surface area contributed by atoms with Crippen molar-refractivity contribution >= 4 is 5.82 Å². The molecule has 0 radical (unpaired) electrons. The summed E-state index contributed by atoms with van der Waals surface area (Å²) in [6, 6.07) is 2.19. The van der Waals surface area contributed by atoms with Gasteiger partial charge in [0, 0.05) is 31.9 Å². The van der Waals surface area contributed by atoms with E-state index < -0.39 is 0 Å². The fourth-order valence-corrected chi connectivity index (χ4v) is 2.60. The Kier molecular flexibility index (Phi) is 4.46. The molecule has 0 unspecified atom stereocenters. The van der Waals surface area contributed by atoms with Crippen LogP contribution in [0.3, 0.4) is 0 Å². The number of nitrogens with two attached hydrogens (primary N) is 1. The number of aromatic nitrogens is 1. The molecule has 1 aromatic heterocycles. The van der Waals surface area contributed by atoms with E-state index in [2.05, 4.69) is 15.5 Å². The van der Waals surface area contributed by atoms with Crippen LogP contribution in [0.2, 0.25) is 0 Å². The molecular weight excluding hydrogens is 240 g/mol. The molecule has 0 spiro atoms. The molecule has 1 saturated heterocycles. The lowest BCUT2D eigenvalue weighted by Gasteiger charge is -2.26. The van der Waals surface area contributed by atoms with Crippen molar-refractivity contribution in [3.63, 3.8) is 0 Å². The average Bonchev–Trinajstić information content (AvgIpc) is 2.63. The van der Waals surface area contributed by atoms with Gasteiger partial charge in [-0.25, -0.2) is 0 Å². The molecule has 1 aliphatic heterocycles. The summed E-state index contributed by atoms with van der Waals surface area (Å²) < 4.78 is 7.40. The third-order valence-electron chi connectivity index (χ3n) is 3.94. The minimum Gasteiger partial charge on any atom is -0.384 e. The molecule has 0 saturated carbocycles. The summed E-state index contributed by atoms with van der Waals surface area (Å²) in [7, 11) is 0. The van der Waals surface area contributed by atoms with Gasteiger partial charge in [-0.3, -0.25) is 4.90 Å². The Bertz CT molecular complexity index is 481. The molecule has 2 rings (SSSR count). The number of morpholine rings is 1. The van der Waals surface area contributed by atoms with E-state index in [1.54, 1.807) is 0 Å². The second-order valence-corrected chi connectivity index (χ2v) is 5.04. The van der Waals surface area contributed by atoms with Crippen LogP contribution < -0.4 is 5.73 Å². The fraction of sp³-hybridized carbons (Fsp3) is 0.643.